The highest BCUT2D eigenvalue weighted by Gasteiger charge is 2.22. The Hall–Kier alpha value is -1.00. The van der Waals surface area contributed by atoms with E-state index < -0.39 is 0 Å². The second-order valence-electron chi connectivity index (χ2n) is 5.60. The van der Waals surface area contributed by atoms with Crippen molar-refractivity contribution in [2.45, 2.75) is 51.1 Å². The van der Waals surface area contributed by atoms with E-state index in [0.29, 0.717) is 0 Å². The third-order valence-electron chi connectivity index (χ3n) is 4.41. The Morgan fingerprint density at radius 3 is 2.70 bits per heavy atom. The average Bonchev–Trinajstić information content (AvgIpc) is 2.99. The van der Waals surface area contributed by atoms with Crippen molar-refractivity contribution >= 4 is 0 Å². The Balaban J connectivity index is 1.90. The Morgan fingerprint density at radius 2 is 2.15 bits per heavy atom. The molecule has 1 heterocycles. The zero-order valence-electron chi connectivity index (χ0n) is 12.6. The van der Waals surface area contributed by atoms with E-state index in [9.17, 15) is 4.39 Å². The molecule has 1 aliphatic carbocycles. The number of halogens is 1. The van der Waals surface area contributed by atoms with Gasteiger partial charge in [-0.3, -0.25) is 4.98 Å². The van der Waals surface area contributed by atoms with Crippen molar-refractivity contribution in [2.75, 3.05) is 20.1 Å². The molecule has 112 valence electrons. The van der Waals surface area contributed by atoms with Gasteiger partial charge >= 0.3 is 0 Å². The first-order chi connectivity index (χ1) is 9.74. The van der Waals surface area contributed by atoms with Crippen molar-refractivity contribution in [3.63, 3.8) is 0 Å². The lowest BCUT2D eigenvalue weighted by Crippen LogP contribution is -2.35. The van der Waals surface area contributed by atoms with Gasteiger partial charge in [-0.05, 0) is 45.0 Å². The molecule has 1 fully saturated rings. The van der Waals surface area contributed by atoms with E-state index in [1.807, 2.05) is 7.05 Å². The molecular weight excluding hydrogens is 253 g/mol. The summed E-state index contributed by atoms with van der Waals surface area (Å²) in [5.74, 6) is -0.273. The van der Waals surface area contributed by atoms with Gasteiger partial charge in [-0.15, -0.1) is 0 Å². The third kappa shape index (κ3) is 4.00. The predicted octanol–water partition coefficient (Wildman–Crippen LogP) is 3.14. The van der Waals surface area contributed by atoms with Crippen LogP contribution in [-0.4, -0.2) is 36.1 Å². The molecule has 1 aromatic heterocycles. The van der Waals surface area contributed by atoms with Crippen molar-refractivity contribution in [2.24, 2.45) is 0 Å². The van der Waals surface area contributed by atoms with Gasteiger partial charge in [-0.2, -0.15) is 0 Å². The minimum absolute atomic E-state index is 0.200. The van der Waals surface area contributed by atoms with Crippen molar-refractivity contribution < 1.29 is 4.39 Å². The molecular formula is C16H26FN3. The second-order valence-corrected chi connectivity index (χ2v) is 5.60. The third-order valence-corrected chi connectivity index (χ3v) is 4.41. The highest BCUT2D eigenvalue weighted by Crippen LogP contribution is 2.24. The molecule has 1 aromatic rings. The van der Waals surface area contributed by atoms with Gasteiger partial charge in [0.1, 0.15) is 5.82 Å². The van der Waals surface area contributed by atoms with Crippen molar-refractivity contribution in [1.29, 1.82) is 0 Å². The van der Waals surface area contributed by atoms with Crippen LogP contribution < -0.4 is 5.32 Å². The Morgan fingerprint density at radius 1 is 1.40 bits per heavy atom. The van der Waals surface area contributed by atoms with Crippen LogP contribution in [-0.2, 0) is 0 Å². The van der Waals surface area contributed by atoms with Crippen LogP contribution in [0.15, 0.2) is 18.3 Å². The molecule has 0 spiro atoms. The van der Waals surface area contributed by atoms with E-state index >= 15 is 0 Å². The number of aromatic nitrogens is 1. The topological polar surface area (TPSA) is 28.2 Å². The number of hydrogen-bond donors (Lipinski definition) is 1. The molecule has 0 saturated heterocycles. The van der Waals surface area contributed by atoms with Gasteiger partial charge < -0.3 is 10.2 Å². The molecule has 0 radical (unpaired) electrons. The van der Waals surface area contributed by atoms with E-state index in [4.69, 9.17) is 0 Å². The number of pyridine rings is 1. The van der Waals surface area contributed by atoms with Crippen LogP contribution in [0.1, 0.15) is 50.8 Å². The standard InChI is InChI=1S/C16H26FN3/c1-3-20(14-6-4-5-7-14)11-10-15(18-2)16-9-8-13(17)12-19-16/h8-9,12,14-15,18H,3-7,10-11H2,1-2H3. The Bertz CT molecular complexity index is 387. The van der Waals surface area contributed by atoms with Gasteiger partial charge in [-0.1, -0.05) is 19.8 Å². The first-order valence-electron chi connectivity index (χ1n) is 7.77. The van der Waals surface area contributed by atoms with Crippen LogP contribution in [0.2, 0.25) is 0 Å². The van der Waals surface area contributed by atoms with E-state index in [1.165, 1.54) is 37.9 Å². The maximum atomic E-state index is 12.9. The number of hydrogen-bond acceptors (Lipinski definition) is 3. The molecule has 20 heavy (non-hydrogen) atoms. The molecule has 0 amide bonds. The first kappa shape index (κ1) is 15.4. The fraction of sp³-hybridized carbons (Fsp3) is 0.688. The summed E-state index contributed by atoms with van der Waals surface area (Å²) in [6, 6.07) is 4.23. The minimum Gasteiger partial charge on any atom is -0.312 e. The maximum Gasteiger partial charge on any atom is 0.141 e. The van der Waals surface area contributed by atoms with Gasteiger partial charge in [-0.25, -0.2) is 4.39 Å². The van der Waals surface area contributed by atoms with Gasteiger partial charge in [0.15, 0.2) is 0 Å². The molecule has 0 aromatic carbocycles. The summed E-state index contributed by atoms with van der Waals surface area (Å²) in [7, 11) is 1.95. The molecule has 1 N–H and O–H groups in total. The van der Waals surface area contributed by atoms with Gasteiger partial charge in [0, 0.05) is 12.6 Å². The van der Waals surface area contributed by atoms with E-state index in [-0.39, 0.29) is 11.9 Å². The molecule has 2 rings (SSSR count). The van der Waals surface area contributed by atoms with Crippen molar-refractivity contribution in [1.82, 2.24) is 15.2 Å². The van der Waals surface area contributed by atoms with Crippen LogP contribution in [0.25, 0.3) is 0 Å². The zero-order valence-corrected chi connectivity index (χ0v) is 12.6. The monoisotopic (exact) mass is 279 g/mol. The van der Waals surface area contributed by atoms with Crippen LogP contribution in [0.3, 0.4) is 0 Å². The summed E-state index contributed by atoms with van der Waals surface area (Å²) in [6.45, 7) is 4.42. The lowest BCUT2D eigenvalue weighted by molar-refractivity contribution is 0.198. The molecule has 1 unspecified atom stereocenters. The van der Waals surface area contributed by atoms with Gasteiger partial charge in [0.2, 0.25) is 0 Å². The van der Waals surface area contributed by atoms with E-state index in [2.05, 4.69) is 22.1 Å². The summed E-state index contributed by atoms with van der Waals surface area (Å²) in [6.07, 6.45) is 7.74. The lowest BCUT2D eigenvalue weighted by atomic mass is 10.1. The first-order valence-corrected chi connectivity index (χ1v) is 7.77. The maximum absolute atomic E-state index is 12.9. The SMILES string of the molecule is CCN(CCC(NC)c1ccc(F)cn1)C1CCCC1. The lowest BCUT2D eigenvalue weighted by Gasteiger charge is -2.29. The van der Waals surface area contributed by atoms with Crippen molar-refractivity contribution in [3.05, 3.63) is 29.8 Å². The smallest absolute Gasteiger partial charge is 0.141 e. The molecule has 1 aliphatic rings. The molecule has 0 bridgehead atoms. The van der Waals surface area contributed by atoms with Crippen LogP contribution in [0, 0.1) is 5.82 Å². The summed E-state index contributed by atoms with van der Waals surface area (Å²) in [5, 5.41) is 3.30. The van der Waals surface area contributed by atoms with E-state index in [1.54, 1.807) is 6.07 Å². The average molecular weight is 279 g/mol. The zero-order chi connectivity index (χ0) is 14.4. The van der Waals surface area contributed by atoms with Crippen LogP contribution in [0.5, 0.6) is 0 Å². The quantitative estimate of drug-likeness (QED) is 0.831. The largest absolute Gasteiger partial charge is 0.312 e. The summed E-state index contributed by atoms with van der Waals surface area (Å²) in [5.41, 5.74) is 0.927. The summed E-state index contributed by atoms with van der Waals surface area (Å²) in [4.78, 5) is 6.78. The fourth-order valence-electron chi connectivity index (χ4n) is 3.20. The predicted molar refractivity (Wildman–Crippen MR) is 80.1 cm³/mol. The molecule has 0 aliphatic heterocycles. The van der Waals surface area contributed by atoms with Crippen LogP contribution >= 0.6 is 0 Å². The molecule has 4 heteroatoms. The fourth-order valence-corrected chi connectivity index (χ4v) is 3.20. The number of nitrogens with one attached hydrogen (secondary N) is 1. The van der Waals surface area contributed by atoms with Crippen LogP contribution in [0.4, 0.5) is 4.39 Å². The van der Waals surface area contributed by atoms with Crippen molar-refractivity contribution in [3.8, 4) is 0 Å². The molecule has 1 atom stereocenters. The Kier molecular flexibility index (Phi) is 5.92. The highest BCUT2D eigenvalue weighted by molar-refractivity contribution is 5.09. The molecule has 3 nitrogen and oxygen atoms in total. The second kappa shape index (κ2) is 7.70. The summed E-state index contributed by atoms with van der Waals surface area (Å²) < 4.78 is 12.9. The normalized spacial score (nSPS) is 17.8. The van der Waals surface area contributed by atoms with E-state index in [0.717, 1.165) is 31.2 Å². The molecule has 1 saturated carbocycles. The number of rotatable bonds is 7. The summed E-state index contributed by atoms with van der Waals surface area (Å²) >= 11 is 0. The highest BCUT2D eigenvalue weighted by atomic mass is 19.1. The minimum atomic E-state index is -0.273. The van der Waals surface area contributed by atoms with Gasteiger partial charge in [0.25, 0.3) is 0 Å². The van der Waals surface area contributed by atoms with Gasteiger partial charge in [0.05, 0.1) is 17.9 Å². The Labute approximate surface area is 121 Å². The number of nitrogens with zero attached hydrogens (tertiary/aromatic N) is 2.